The number of hydrogen-bond acceptors (Lipinski definition) is 4. The summed E-state index contributed by atoms with van der Waals surface area (Å²) < 4.78 is 6.66. The van der Waals surface area contributed by atoms with Crippen molar-refractivity contribution >= 4 is 29.7 Å². The third kappa shape index (κ3) is 2.89. The molecule has 1 saturated carbocycles. The summed E-state index contributed by atoms with van der Waals surface area (Å²) in [7, 11) is -1.73. The third-order valence-corrected chi connectivity index (χ3v) is 3.75. The Labute approximate surface area is 129 Å². The molecular weight excluding hydrogens is 281 g/mol. The summed E-state index contributed by atoms with van der Waals surface area (Å²) in [6.07, 6.45) is 1.72. The molecule has 0 unspecified atom stereocenters. The number of carbonyl (C=O) groups excluding carboxylic acids is 1. The number of benzene rings is 1. The fourth-order valence-electron chi connectivity index (χ4n) is 2.61. The van der Waals surface area contributed by atoms with Gasteiger partial charge in [-0.2, -0.15) is 0 Å². The molecule has 0 saturated heterocycles. The molecule has 1 fully saturated rings. The second kappa shape index (κ2) is 5.14. The first-order valence-electron chi connectivity index (χ1n) is 7.51. The van der Waals surface area contributed by atoms with E-state index in [1.165, 1.54) is 10.1 Å². The molecule has 22 heavy (non-hydrogen) atoms. The number of fused-ring (bicyclic) bond motifs is 1. The Morgan fingerprint density at radius 2 is 1.95 bits per heavy atom. The number of aromatic nitrogens is 1. The number of rotatable bonds is 2. The van der Waals surface area contributed by atoms with Crippen LogP contribution in [-0.2, 0) is 4.74 Å². The van der Waals surface area contributed by atoms with Gasteiger partial charge in [0.25, 0.3) is 0 Å². The molecule has 0 spiro atoms. The lowest BCUT2D eigenvalue weighted by Gasteiger charge is -2.21. The van der Waals surface area contributed by atoms with Gasteiger partial charge in [0.1, 0.15) is 5.60 Å². The molecule has 1 aromatic carbocycles. The number of hydrogen-bond donors (Lipinski definition) is 2. The van der Waals surface area contributed by atoms with Crippen molar-refractivity contribution in [3.8, 4) is 0 Å². The lowest BCUT2D eigenvalue weighted by Crippen LogP contribution is -2.41. The van der Waals surface area contributed by atoms with Crippen LogP contribution in [0.1, 0.15) is 45.1 Å². The molecule has 1 aromatic heterocycles. The van der Waals surface area contributed by atoms with E-state index >= 15 is 0 Å². The average Bonchev–Trinajstić information content (AvgIpc) is 3.15. The molecule has 0 atom stereocenters. The summed E-state index contributed by atoms with van der Waals surface area (Å²) >= 11 is 0. The van der Waals surface area contributed by atoms with Gasteiger partial charge in [-0.3, -0.25) is 4.57 Å². The van der Waals surface area contributed by atoms with E-state index in [-0.39, 0.29) is 5.59 Å². The Hall–Kier alpha value is -1.79. The molecule has 2 aromatic rings. The van der Waals surface area contributed by atoms with Crippen molar-refractivity contribution in [2.45, 2.75) is 45.1 Å². The van der Waals surface area contributed by atoms with Gasteiger partial charge in [-0.25, -0.2) is 4.79 Å². The lowest BCUT2D eigenvalue weighted by molar-refractivity contribution is 0.0547. The van der Waals surface area contributed by atoms with Crippen LogP contribution in [0.5, 0.6) is 0 Å². The molecule has 5 nitrogen and oxygen atoms in total. The van der Waals surface area contributed by atoms with Crippen LogP contribution < -0.4 is 5.59 Å². The van der Waals surface area contributed by atoms with Gasteiger partial charge in [-0.05, 0) is 62.6 Å². The maximum atomic E-state index is 12.5. The third-order valence-electron chi connectivity index (χ3n) is 3.75. The van der Waals surface area contributed by atoms with Crippen molar-refractivity contribution in [3.63, 3.8) is 0 Å². The van der Waals surface area contributed by atoms with Gasteiger partial charge in [-0.1, -0.05) is 12.1 Å². The SMILES string of the molecule is CC(C)(C)OC(=O)n1c(B(O)O)cc2ccc(C3CC3)cc21. The Morgan fingerprint density at radius 3 is 2.50 bits per heavy atom. The zero-order chi connectivity index (χ0) is 16.1. The molecule has 1 aliphatic rings. The first-order chi connectivity index (χ1) is 10.3. The summed E-state index contributed by atoms with van der Waals surface area (Å²) in [5.41, 5.74) is 1.30. The highest BCUT2D eigenvalue weighted by Crippen LogP contribution is 2.40. The van der Waals surface area contributed by atoms with E-state index < -0.39 is 18.8 Å². The summed E-state index contributed by atoms with van der Waals surface area (Å²) in [6.45, 7) is 5.34. The summed E-state index contributed by atoms with van der Waals surface area (Å²) in [5.74, 6) is 0.550. The van der Waals surface area contributed by atoms with Gasteiger partial charge in [0, 0.05) is 0 Å². The van der Waals surface area contributed by atoms with Crippen molar-refractivity contribution in [2.75, 3.05) is 0 Å². The van der Waals surface area contributed by atoms with E-state index in [1.54, 1.807) is 26.8 Å². The fourth-order valence-corrected chi connectivity index (χ4v) is 2.61. The van der Waals surface area contributed by atoms with Gasteiger partial charge in [0.05, 0.1) is 11.1 Å². The fraction of sp³-hybridized carbons (Fsp3) is 0.438. The zero-order valence-electron chi connectivity index (χ0n) is 13.0. The van der Waals surface area contributed by atoms with Crippen molar-refractivity contribution in [2.24, 2.45) is 0 Å². The molecule has 2 N–H and O–H groups in total. The summed E-state index contributed by atoms with van der Waals surface area (Å²) in [6, 6.07) is 7.51. The predicted octanol–water partition coefficient (Wildman–Crippen LogP) is 1.98. The Kier molecular flexibility index (Phi) is 3.53. The van der Waals surface area contributed by atoms with Crippen molar-refractivity contribution < 1.29 is 19.6 Å². The second-order valence-electron chi connectivity index (χ2n) is 6.85. The molecule has 0 aliphatic heterocycles. The highest BCUT2D eigenvalue weighted by atomic mass is 16.6. The van der Waals surface area contributed by atoms with Gasteiger partial charge in [0.15, 0.2) is 0 Å². The van der Waals surface area contributed by atoms with E-state index in [4.69, 9.17) is 4.74 Å². The quantitative estimate of drug-likeness (QED) is 0.832. The Balaban J connectivity index is 2.12. The zero-order valence-corrected chi connectivity index (χ0v) is 13.0. The molecule has 0 amide bonds. The van der Waals surface area contributed by atoms with Gasteiger partial charge >= 0.3 is 13.2 Å². The van der Waals surface area contributed by atoms with Crippen LogP contribution in [0.3, 0.4) is 0 Å². The van der Waals surface area contributed by atoms with E-state index in [0.717, 1.165) is 18.2 Å². The van der Waals surface area contributed by atoms with Crippen molar-refractivity contribution in [3.05, 3.63) is 29.8 Å². The van der Waals surface area contributed by atoms with Crippen LogP contribution in [-0.4, -0.2) is 33.4 Å². The summed E-state index contributed by atoms with van der Waals surface area (Å²) in [4.78, 5) is 12.5. The number of nitrogens with zero attached hydrogens (tertiary/aromatic N) is 1. The van der Waals surface area contributed by atoms with E-state index in [2.05, 4.69) is 0 Å². The largest absolute Gasteiger partial charge is 0.506 e. The van der Waals surface area contributed by atoms with Crippen molar-refractivity contribution in [1.29, 1.82) is 0 Å². The van der Waals surface area contributed by atoms with Crippen LogP contribution in [0.15, 0.2) is 24.3 Å². The van der Waals surface area contributed by atoms with Crippen LogP contribution in [0, 0.1) is 0 Å². The molecule has 1 aliphatic carbocycles. The minimum Gasteiger partial charge on any atom is -0.443 e. The number of ether oxygens (including phenoxy) is 1. The molecule has 1 heterocycles. The predicted molar refractivity (Wildman–Crippen MR) is 85.4 cm³/mol. The van der Waals surface area contributed by atoms with Gasteiger partial charge in [-0.15, -0.1) is 0 Å². The van der Waals surface area contributed by atoms with Gasteiger partial charge < -0.3 is 14.8 Å². The molecule has 0 bridgehead atoms. The Morgan fingerprint density at radius 1 is 1.27 bits per heavy atom. The molecule has 0 radical (unpaired) electrons. The monoisotopic (exact) mass is 301 g/mol. The van der Waals surface area contributed by atoms with Crippen molar-refractivity contribution in [1.82, 2.24) is 4.57 Å². The highest BCUT2D eigenvalue weighted by Gasteiger charge is 2.29. The minimum absolute atomic E-state index is 0.122. The van der Waals surface area contributed by atoms with Crippen LogP contribution in [0.4, 0.5) is 4.79 Å². The first-order valence-corrected chi connectivity index (χ1v) is 7.51. The maximum absolute atomic E-state index is 12.5. The minimum atomic E-state index is -1.73. The number of carbonyl (C=O) groups is 1. The lowest BCUT2D eigenvalue weighted by atomic mass is 9.86. The topological polar surface area (TPSA) is 71.7 Å². The van der Waals surface area contributed by atoms with Crippen LogP contribution >= 0.6 is 0 Å². The van der Waals surface area contributed by atoms with Crippen LogP contribution in [0.25, 0.3) is 10.9 Å². The smallest absolute Gasteiger partial charge is 0.443 e. The van der Waals surface area contributed by atoms with Crippen LogP contribution in [0.2, 0.25) is 0 Å². The standard InChI is InChI=1S/C16H20BNO4/c1-16(2,3)22-15(19)18-13-8-11(10-4-5-10)6-7-12(13)9-14(18)17(20)21/h6-10,20-21H,4-5H2,1-3H3. The average molecular weight is 301 g/mol. The Bertz CT molecular complexity index is 726. The van der Waals surface area contributed by atoms with Gasteiger partial charge in [0.2, 0.25) is 0 Å². The van der Waals surface area contributed by atoms with E-state index in [1.807, 2.05) is 18.2 Å². The highest BCUT2D eigenvalue weighted by molar-refractivity contribution is 6.59. The van der Waals surface area contributed by atoms with E-state index in [9.17, 15) is 14.8 Å². The normalized spacial score (nSPS) is 15.1. The molecule has 116 valence electrons. The molecule has 3 rings (SSSR count). The summed E-state index contributed by atoms with van der Waals surface area (Å²) in [5, 5.41) is 19.9. The first kappa shape index (κ1) is 15.1. The maximum Gasteiger partial charge on any atom is 0.506 e. The van der Waals surface area contributed by atoms with E-state index in [0.29, 0.717) is 11.4 Å². The molecular formula is C16H20BNO4. The molecule has 6 heteroatoms. The second-order valence-corrected chi connectivity index (χ2v) is 6.85.